The van der Waals surface area contributed by atoms with E-state index in [9.17, 15) is 0 Å². The van der Waals surface area contributed by atoms with Crippen LogP contribution in [0, 0.1) is 6.92 Å². The second kappa shape index (κ2) is 7.46. The number of aryl methyl sites for hydroxylation is 1. The molecule has 0 aliphatic rings. The monoisotopic (exact) mass is 320 g/mol. The first kappa shape index (κ1) is 15.8. The maximum Gasteiger partial charge on any atom is 0.142 e. The second-order valence-electron chi connectivity index (χ2n) is 5.45. The Labute approximate surface area is 141 Å². The van der Waals surface area contributed by atoms with Gasteiger partial charge in [-0.3, -0.25) is 0 Å². The van der Waals surface area contributed by atoms with Gasteiger partial charge >= 0.3 is 0 Å². The highest BCUT2D eigenvalue weighted by molar-refractivity contribution is 5.65. The van der Waals surface area contributed by atoms with Crippen molar-refractivity contribution in [3.05, 3.63) is 72.1 Å². The van der Waals surface area contributed by atoms with Gasteiger partial charge in [0.1, 0.15) is 23.7 Å². The van der Waals surface area contributed by atoms with Crippen molar-refractivity contribution in [3.63, 3.8) is 0 Å². The summed E-state index contributed by atoms with van der Waals surface area (Å²) in [6, 6.07) is 18.0. The van der Waals surface area contributed by atoms with Gasteiger partial charge in [0.25, 0.3) is 0 Å². The number of nitrogens with one attached hydrogen (secondary N) is 2. The maximum atomic E-state index is 5.34. The highest BCUT2D eigenvalue weighted by Gasteiger charge is 2.04. The largest absolute Gasteiger partial charge is 0.495 e. The number of rotatable bonds is 6. The molecular formula is C19H20N4O. The van der Waals surface area contributed by atoms with Crippen LogP contribution in [-0.4, -0.2) is 17.1 Å². The summed E-state index contributed by atoms with van der Waals surface area (Å²) in [6.07, 6.45) is 1.54. The molecule has 0 bridgehead atoms. The van der Waals surface area contributed by atoms with Crippen LogP contribution in [0.1, 0.15) is 11.1 Å². The quantitative estimate of drug-likeness (QED) is 0.714. The molecule has 0 saturated carbocycles. The highest BCUT2D eigenvalue weighted by Crippen LogP contribution is 2.26. The molecule has 0 atom stereocenters. The summed E-state index contributed by atoms with van der Waals surface area (Å²) in [5.74, 6) is 2.24. The van der Waals surface area contributed by atoms with E-state index in [1.54, 1.807) is 7.11 Å². The minimum absolute atomic E-state index is 0.709. The Morgan fingerprint density at radius 1 is 0.958 bits per heavy atom. The summed E-state index contributed by atoms with van der Waals surface area (Å²) in [4.78, 5) is 8.52. The molecule has 0 radical (unpaired) electrons. The fourth-order valence-electron chi connectivity index (χ4n) is 2.31. The van der Waals surface area contributed by atoms with Gasteiger partial charge in [-0.05, 0) is 24.6 Å². The van der Waals surface area contributed by atoms with E-state index in [-0.39, 0.29) is 0 Å². The van der Waals surface area contributed by atoms with Gasteiger partial charge in [-0.25, -0.2) is 9.97 Å². The average Bonchev–Trinajstić information content (AvgIpc) is 2.62. The normalized spacial score (nSPS) is 10.2. The molecular weight excluding hydrogens is 300 g/mol. The lowest BCUT2D eigenvalue weighted by Crippen LogP contribution is -2.03. The Morgan fingerprint density at radius 3 is 2.50 bits per heavy atom. The predicted octanol–water partition coefficient (Wildman–Crippen LogP) is 4.15. The first-order valence-corrected chi connectivity index (χ1v) is 7.76. The van der Waals surface area contributed by atoms with Crippen molar-refractivity contribution < 1.29 is 4.74 Å². The van der Waals surface area contributed by atoms with Gasteiger partial charge in [0.2, 0.25) is 0 Å². The number of hydrogen-bond acceptors (Lipinski definition) is 5. The van der Waals surface area contributed by atoms with Crippen molar-refractivity contribution in [1.29, 1.82) is 0 Å². The zero-order valence-electron chi connectivity index (χ0n) is 13.8. The topological polar surface area (TPSA) is 59.1 Å². The van der Waals surface area contributed by atoms with Gasteiger partial charge < -0.3 is 15.4 Å². The molecule has 3 rings (SSSR count). The lowest BCUT2D eigenvalue weighted by Gasteiger charge is -2.11. The molecule has 0 fully saturated rings. The lowest BCUT2D eigenvalue weighted by atomic mass is 10.1. The van der Waals surface area contributed by atoms with Crippen LogP contribution in [0.5, 0.6) is 5.75 Å². The fourth-order valence-corrected chi connectivity index (χ4v) is 2.31. The maximum absolute atomic E-state index is 5.34. The molecule has 0 saturated heterocycles. The van der Waals surface area contributed by atoms with Crippen molar-refractivity contribution in [2.45, 2.75) is 13.5 Å². The van der Waals surface area contributed by atoms with Crippen molar-refractivity contribution >= 4 is 17.3 Å². The smallest absolute Gasteiger partial charge is 0.142 e. The summed E-state index contributed by atoms with van der Waals surface area (Å²) >= 11 is 0. The number of anilines is 3. The molecule has 0 aliphatic carbocycles. The number of ether oxygens (including phenoxy) is 1. The molecule has 5 nitrogen and oxygen atoms in total. The van der Waals surface area contributed by atoms with E-state index in [1.807, 2.05) is 30.3 Å². The van der Waals surface area contributed by atoms with E-state index in [4.69, 9.17) is 4.74 Å². The lowest BCUT2D eigenvalue weighted by molar-refractivity contribution is 0.417. The zero-order chi connectivity index (χ0) is 16.8. The van der Waals surface area contributed by atoms with Crippen LogP contribution in [0.3, 0.4) is 0 Å². The molecule has 0 unspecified atom stereocenters. The molecule has 2 N–H and O–H groups in total. The van der Waals surface area contributed by atoms with Gasteiger partial charge in [0.05, 0.1) is 12.8 Å². The molecule has 24 heavy (non-hydrogen) atoms. The molecule has 1 heterocycles. The van der Waals surface area contributed by atoms with Gasteiger partial charge in [-0.15, -0.1) is 0 Å². The average molecular weight is 320 g/mol. The van der Waals surface area contributed by atoms with Gasteiger partial charge in [0, 0.05) is 12.6 Å². The number of nitrogens with zero attached hydrogens (tertiary/aromatic N) is 2. The summed E-state index contributed by atoms with van der Waals surface area (Å²) in [6.45, 7) is 2.79. The molecule has 0 amide bonds. The first-order valence-electron chi connectivity index (χ1n) is 7.76. The molecule has 5 heteroatoms. The minimum atomic E-state index is 0.709. The van der Waals surface area contributed by atoms with Crippen LogP contribution in [0.25, 0.3) is 0 Å². The third-order valence-corrected chi connectivity index (χ3v) is 3.63. The van der Waals surface area contributed by atoms with Gasteiger partial charge in [0.15, 0.2) is 0 Å². The van der Waals surface area contributed by atoms with Gasteiger partial charge in [-0.1, -0.05) is 42.0 Å². The number of methoxy groups -OCH3 is 1. The third kappa shape index (κ3) is 4.01. The second-order valence-corrected chi connectivity index (χ2v) is 5.45. The Bertz CT molecular complexity index is 802. The molecule has 3 aromatic rings. The van der Waals surface area contributed by atoms with Gasteiger partial charge in [-0.2, -0.15) is 0 Å². The van der Waals surface area contributed by atoms with Crippen LogP contribution in [0.4, 0.5) is 17.3 Å². The van der Waals surface area contributed by atoms with Crippen LogP contribution < -0.4 is 15.4 Å². The molecule has 2 aromatic carbocycles. The van der Waals surface area contributed by atoms with E-state index in [0.717, 1.165) is 17.3 Å². The van der Waals surface area contributed by atoms with Crippen molar-refractivity contribution in [1.82, 2.24) is 9.97 Å². The first-order chi connectivity index (χ1) is 11.7. The molecule has 1 aromatic heterocycles. The predicted molar refractivity (Wildman–Crippen MR) is 96.8 cm³/mol. The van der Waals surface area contributed by atoms with E-state index in [1.165, 1.54) is 17.5 Å². The fraction of sp³-hybridized carbons (Fsp3) is 0.158. The van der Waals surface area contributed by atoms with Crippen LogP contribution >= 0.6 is 0 Å². The van der Waals surface area contributed by atoms with Crippen LogP contribution in [0.2, 0.25) is 0 Å². The standard InChI is InChI=1S/C19H20N4O/c1-14-7-9-15(10-8-14)12-20-18-11-19(22-13-21-18)23-16-5-3-4-6-17(16)24-2/h3-11,13H,12H2,1-2H3,(H2,20,21,22,23). The van der Waals surface area contributed by atoms with Crippen LogP contribution in [0.15, 0.2) is 60.9 Å². The highest BCUT2D eigenvalue weighted by atomic mass is 16.5. The Kier molecular flexibility index (Phi) is 4.91. The van der Waals surface area contributed by atoms with E-state index >= 15 is 0 Å². The number of benzene rings is 2. The number of hydrogen-bond donors (Lipinski definition) is 2. The Balaban J connectivity index is 1.68. The van der Waals surface area contributed by atoms with E-state index in [2.05, 4.69) is 51.8 Å². The molecule has 0 spiro atoms. The molecule has 0 aliphatic heterocycles. The Morgan fingerprint density at radius 2 is 1.71 bits per heavy atom. The Hall–Kier alpha value is -3.08. The number of para-hydroxylation sites is 2. The summed E-state index contributed by atoms with van der Waals surface area (Å²) in [7, 11) is 1.65. The summed E-state index contributed by atoms with van der Waals surface area (Å²) in [5, 5.41) is 6.57. The third-order valence-electron chi connectivity index (χ3n) is 3.63. The van der Waals surface area contributed by atoms with Crippen molar-refractivity contribution in [2.75, 3.05) is 17.7 Å². The zero-order valence-corrected chi connectivity index (χ0v) is 13.8. The van der Waals surface area contributed by atoms with E-state index in [0.29, 0.717) is 12.4 Å². The minimum Gasteiger partial charge on any atom is -0.495 e. The van der Waals surface area contributed by atoms with Crippen molar-refractivity contribution in [2.24, 2.45) is 0 Å². The molecule has 122 valence electrons. The number of aromatic nitrogens is 2. The SMILES string of the molecule is COc1ccccc1Nc1cc(NCc2ccc(C)cc2)ncn1. The summed E-state index contributed by atoms with van der Waals surface area (Å²) < 4.78 is 5.34. The van der Waals surface area contributed by atoms with E-state index < -0.39 is 0 Å². The van der Waals surface area contributed by atoms with Crippen LogP contribution in [-0.2, 0) is 6.54 Å². The van der Waals surface area contributed by atoms with Crippen molar-refractivity contribution in [3.8, 4) is 5.75 Å². The summed E-state index contributed by atoms with van der Waals surface area (Å²) in [5.41, 5.74) is 3.32.